The molecule has 0 spiro atoms. The number of carbonyl (C=O) groups excluding carboxylic acids is 4. The molecule has 4 atom stereocenters. The number of carbonyl (C=O) groups is 4. The summed E-state index contributed by atoms with van der Waals surface area (Å²) in [6.45, 7) is 7.95. The number of alkyl halides is 1. The lowest BCUT2D eigenvalue weighted by Crippen LogP contribution is -2.50. The highest BCUT2D eigenvalue weighted by Gasteiger charge is 2.45. The normalized spacial score (nSPS) is 18.1. The van der Waals surface area contributed by atoms with Crippen molar-refractivity contribution < 1.29 is 46.6 Å². The zero-order valence-corrected chi connectivity index (χ0v) is 34.6. The Morgan fingerprint density at radius 3 is 2.17 bits per heavy atom. The van der Waals surface area contributed by atoms with Crippen LogP contribution in [0.15, 0.2) is 85.1 Å². The zero-order valence-electron chi connectivity index (χ0n) is 34.6. The van der Waals surface area contributed by atoms with E-state index in [1.54, 1.807) is 36.4 Å². The first-order valence-corrected chi connectivity index (χ1v) is 20.2. The molecule has 2 aliphatic rings. The number of amides is 3. The summed E-state index contributed by atoms with van der Waals surface area (Å²) in [5.74, 6) is -3.76. The quantitative estimate of drug-likeness (QED) is 0.104. The number of aromatic nitrogens is 2. The first-order chi connectivity index (χ1) is 28.6. The summed E-state index contributed by atoms with van der Waals surface area (Å²) >= 11 is 0. The first kappa shape index (κ1) is 43.7. The van der Waals surface area contributed by atoms with Gasteiger partial charge in [-0.2, -0.15) is 0 Å². The average molecular weight is 832 g/mol. The Balaban J connectivity index is 1.42. The van der Waals surface area contributed by atoms with Crippen LogP contribution in [0.2, 0.25) is 0 Å². The number of imidazole rings is 1. The van der Waals surface area contributed by atoms with Crippen LogP contribution in [0.5, 0.6) is 0 Å². The van der Waals surface area contributed by atoms with Crippen molar-refractivity contribution in [2.75, 3.05) is 32.7 Å². The van der Waals surface area contributed by atoms with Crippen molar-refractivity contribution in [2.45, 2.75) is 84.5 Å². The second kappa shape index (κ2) is 19.0. The topological polar surface area (TPSA) is 124 Å². The van der Waals surface area contributed by atoms with Crippen molar-refractivity contribution >= 4 is 24.1 Å². The highest BCUT2D eigenvalue weighted by atomic mass is 19.1. The maximum atomic E-state index is 16.2. The van der Waals surface area contributed by atoms with Crippen LogP contribution < -0.4 is 0 Å². The Morgan fingerprint density at radius 1 is 0.883 bits per heavy atom. The third-order valence-corrected chi connectivity index (χ3v) is 10.7. The molecule has 6 rings (SSSR count). The summed E-state index contributed by atoms with van der Waals surface area (Å²) in [7, 11) is 0. The fraction of sp³-hybridized carbons (Fsp3) is 0.444. The fourth-order valence-corrected chi connectivity index (χ4v) is 7.82. The molecular weight excluding hydrogens is 780 g/mol. The molecule has 2 saturated heterocycles. The molecule has 2 aliphatic heterocycles. The van der Waals surface area contributed by atoms with Crippen LogP contribution in [0.1, 0.15) is 70.5 Å². The SMILES string of the molecule is CC(=O)O[C@@H](C)C(=O)N(C[C@@H]1CN(C(=O)OC(C)(C)C)C[C@@H]1F)[C@@H](c1nc(-c2cc(F)ccc2F)cn1Cc1ccccc1)C1CCN(C(=O)OCc2ccccc2)CC1. The predicted molar refractivity (Wildman–Crippen MR) is 216 cm³/mol. The molecule has 15 heteroatoms. The van der Waals surface area contributed by atoms with Crippen LogP contribution in [0.3, 0.4) is 0 Å². The molecule has 12 nitrogen and oxygen atoms in total. The van der Waals surface area contributed by atoms with E-state index in [2.05, 4.69) is 0 Å². The highest BCUT2D eigenvalue weighted by molar-refractivity contribution is 5.83. The Labute approximate surface area is 348 Å². The summed E-state index contributed by atoms with van der Waals surface area (Å²) in [5.41, 5.74) is 0.847. The number of esters is 1. The van der Waals surface area contributed by atoms with Crippen molar-refractivity contribution in [2.24, 2.45) is 11.8 Å². The van der Waals surface area contributed by atoms with Gasteiger partial charge in [0.25, 0.3) is 5.91 Å². The number of rotatable bonds is 12. The van der Waals surface area contributed by atoms with Gasteiger partial charge in [-0.25, -0.2) is 27.7 Å². The van der Waals surface area contributed by atoms with E-state index in [1.807, 2.05) is 60.7 Å². The van der Waals surface area contributed by atoms with Crippen LogP contribution in [0.4, 0.5) is 22.8 Å². The largest absolute Gasteiger partial charge is 0.453 e. The lowest BCUT2D eigenvalue weighted by atomic mass is 9.86. The minimum Gasteiger partial charge on any atom is -0.453 e. The van der Waals surface area contributed by atoms with Gasteiger partial charge in [-0.05, 0) is 75.8 Å². The van der Waals surface area contributed by atoms with Crippen LogP contribution in [0.25, 0.3) is 11.3 Å². The second-order valence-corrected chi connectivity index (χ2v) is 16.4. The first-order valence-electron chi connectivity index (χ1n) is 20.2. The summed E-state index contributed by atoms with van der Waals surface area (Å²) in [6.07, 6.45) is -1.79. The van der Waals surface area contributed by atoms with Crippen LogP contribution in [-0.4, -0.2) is 98.9 Å². The van der Waals surface area contributed by atoms with Gasteiger partial charge in [0.05, 0.1) is 18.3 Å². The van der Waals surface area contributed by atoms with Crippen molar-refractivity contribution in [3.63, 3.8) is 0 Å². The summed E-state index contributed by atoms with van der Waals surface area (Å²) in [5, 5.41) is 0. The fourth-order valence-electron chi connectivity index (χ4n) is 7.82. The molecule has 320 valence electrons. The standard InChI is InChI=1S/C45H52F3N5O7/c1-29(59-30(2)54)42(55)53(25-34-24-52(26-38(34)48)44(57)60-45(3,4)5)40(33-18-20-50(21-19-33)43(56)58-28-32-14-10-7-11-15-32)41-49-39(36-22-35(46)16-17-37(36)47)27-51(41)23-31-12-8-6-9-13-31/h6-17,22,27,29,33-34,38,40H,18-21,23-26,28H2,1-5H3/t29-,34-,38-,40+/m0/s1. The minimum absolute atomic E-state index is 0.0710. The number of ether oxygens (including phenoxy) is 3. The smallest absolute Gasteiger partial charge is 0.410 e. The van der Waals surface area contributed by atoms with Crippen molar-refractivity contribution in [1.82, 2.24) is 24.3 Å². The number of hydrogen-bond acceptors (Lipinski definition) is 8. The molecule has 0 N–H and O–H groups in total. The number of benzene rings is 3. The maximum Gasteiger partial charge on any atom is 0.410 e. The Bertz CT molecular complexity index is 2120. The van der Waals surface area contributed by atoms with Crippen LogP contribution >= 0.6 is 0 Å². The van der Waals surface area contributed by atoms with Gasteiger partial charge in [0.1, 0.15) is 35.8 Å². The Hall–Kier alpha value is -5.86. The molecule has 1 aromatic heterocycles. The molecule has 60 heavy (non-hydrogen) atoms. The number of hydrogen-bond donors (Lipinski definition) is 0. The zero-order chi connectivity index (χ0) is 43.1. The van der Waals surface area contributed by atoms with Gasteiger partial charge in [0, 0.05) is 57.3 Å². The molecule has 3 amide bonds. The second-order valence-electron chi connectivity index (χ2n) is 16.4. The summed E-state index contributed by atoms with van der Waals surface area (Å²) in [6, 6.07) is 20.8. The summed E-state index contributed by atoms with van der Waals surface area (Å²) < 4.78 is 64.6. The molecule has 2 fully saturated rings. The number of piperidine rings is 1. The number of nitrogens with zero attached hydrogens (tertiary/aromatic N) is 5. The Kier molecular flexibility index (Phi) is 13.9. The molecule has 0 radical (unpaired) electrons. The predicted octanol–water partition coefficient (Wildman–Crippen LogP) is 7.95. The van der Waals surface area contributed by atoms with E-state index in [-0.39, 0.29) is 57.1 Å². The van der Waals surface area contributed by atoms with Gasteiger partial charge in [-0.3, -0.25) is 9.59 Å². The van der Waals surface area contributed by atoms with Crippen molar-refractivity contribution in [3.05, 3.63) is 114 Å². The van der Waals surface area contributed by atoms with Gasteiger partial charge < -0.3 is 33.5 Å². The van der Waals surface area contributed by atoms with Crippen LogP contribution in [-0.2, 0) is 37.0 Å². The van der Waals surface area contributed by atoms with Crippen molar-refractivity contribution in [1.29, 1.82) is 0 Å². The molecule has 0 unspecified atom stereocenters. The lowest BCUT2D eigenvalue weighted by molar-refractivity contribution is -0.160. The monoisotopic (exact) mass is 831 g/mol. The van der Waals surface area contributed by atoms with E-state index >= 15 is 8.78 Å². The van der Waals surface area contributed by atoms with Gasteiger partial charge in [0.15, 0.2) is 6.10 Å². The number of likely N-dealkylation sites (tertiary alicyclic amines) is 2. The Morgan fingerprint density at radius 2 is 1.53 bits per heavy atom. The van der Waals surface area contributed by atoms with Gasteiger partial charge in [-0.15, -0.1) is 0 Å². The molecule has 0 saturated carbocycles. The lowest BCUT2D eigenvalue weighted by Gasteiger charge is -2.42. The third-order valence-electron chi connectivity index (χ3n) is 10.7. The van der Waals surface area contributed by atoms with E-state index in [0.29, 0.717) is 18.7 Å². The highest BCUT2D eigenvalue weighted by Crippen LogP contribution is 2.39. The van der Waals surface area contributed by atoms with E-state index in [4.69, 9.17) is 19.2 Å². The molecular formula is C45H52F3N5O7. The average Bonchev–Trinajstić information content (AvgIpc) is 3.80. The third kappa shape index (κ3) is 11.0. The molecule has 0 bridgehead atoms. The molecule has 4 aromatic rings. The molecule has 0 aliphatic carbocycles. The summed E-state index contributed by atoms with van der Waals surface area (Å²) in [4.78, 5) is 62.6. The van der Waals surface area contributed by atoms with E-state index in [0.717, 1.165) is 29.3 Å². The van der Waals surface area contributed by atoms with Gasteiger partial charge >= 0.3 is 18.2 Å². The van der Waals surface area contributed by atoms with E-state index in [9.17, 15) is 23.6 Å². The van der Waals surface area contributed by atoms with E-state index < -0.39 is 71.5 Å². The van der Waals surface area contributed by atoms with E-state index in [1.165, 1.54) is 23.6 Å². The van der Waals surface area contributed by atoms with Crippen LogP contribution in [0, 0.1) is 23.5 Å². The maximum absolute atomic E-state index is 16.2. The number of halogens is 3. The molecule has 3 aromatic carbocycles. The molecule has 3 heterocycles. The van der Waals surface area contributed by atoms with Gasteiger partial charge in [0.2, 0.25) is 0 Å². The minimum atomic E-state index is -1.56. The van der Waals surface area contributed by atoms with Gasteiger partial charge in [-0.1, -0.05) is 60.7 Å². The van der Waals surface area contributed by atoms with Crippen molar-refractivity contribution in [3.8, 4) is 11.3 Å².